The number of hydrogen-bond acceptors (Lipinski definition) is 4. The molecule has 0 aliphatic carbocycles. The fourth-order valence-electron chi connectivity index (χ4n) is 2.35. The molecular weight excluding hydrogens is 234 g/mol. The average Bonchev–Trinajstić information content (AvgIpc) is 2.27. The molecule has 0 spiro atoms. The number of rotatable bonds is 3. The Labute approximate surface area is 108 Å². The first-order valence-corrected chi connectivity index (χ1v) is 6.35. The van der Waals surface area contributed by atoms with Crippen molar-refractivity contribution < 1.29 is 15.0 Å². The van der Waals surface area contributed by atoms with Crippen molar-refractivity contribution >= 4 is 6.09 Å². The molecule has 6 nitrogen and oxygen atoms in total. The smallest absolute Gasteiger partial charge is 0.407 e. The van der Waals surface area contributed by atoms with E-state index in [9.17, 15) is 15.0 Å². The van der Waals surface area contributed by atoms with Crippen molar-refractivity contribution in [3.8, 4) is 0 Å². The van der Waals surface area contributed by atoms with Crippen LogP contribution in [0.4, 0.5) is 4.79 Å². The van der Waals surface area contributed by atoms with Gasteiger partial charge in [-0.05, 0) is 5.41 Å². The van der Waals surface area contributed by atoms with Crippen molar-refractivity contribution in [3.63, 3.8) is 0 Å². The molecule has 1 rings (SSSR count). The lowest BCUT2D eigenvalue weighted by atomic mass is 9.84. The van der Waals surface area contributed by atoms with E-state index < -0.39 is 12.2 Å². The lowest BCUT2D eigenvalue weighted by Gasteiger charge is -2.46. The van der Waals surface area contributed by atoms with Gasteiger partial charge in [0.1, 0.15) is 0 Å². The van der Waals surface area contributed by atoms with Crippen LogP contribution in [-0.4, -0.2) is 71.0 Å². The Kier molecular flexibility index (Phi) is 4.95. The first-order valence-electron chi connectivity index (χ1n) is 6.35. The van der Waals surface area contributed by atoms with E-state index >= 15 is 0 Å². The van der Waals surface area contributed by atoms with E-state index in [1.807, 2.05) is 20.8 Å². The predicted molar refractivity (Wildman–Crippen MR) is 69.5 cm³/mol. The zero-order chi connectivity index (χ0) is 13.9. The monoisotopic (exact) mass is 259 g/mol. The van der Waals surface area contributed by atoms with Crippen LogP contribution < -0.4 is 5.73 Å². The number of β-amino-alcohol motifs (C(OH)–C–C–N with tert-alkyl or cyclic N) is 1. The van der Waals surface area contributed by atoms with Crippen LogP contribution in [0.1, 0.15) is 20.8 Å². The van der Waals surface area contributed by atoms with Crippen molar-refractivity contribution in [2.24, 2.45) is 11.1 Å². The zero-order valence-electron chi connectivity index (χ0n) is 11.5. The van der Waals surface area contributed by atoms with Gasteiger partial charge in [0, 0.05) is 32.7 Å². The summed E-state index contributed by atoms with van der Waals surface area (Å²) in [5.41, 5.74) is 5.28. The fraction of sp³-hybridized carbons (Fsp3) is 0.917. The Morgan fingerprint density at radius 2 is 2.06 bits per heavy atom. The maximum absolute atomic E-state index is 11.2. The lowest BCUT2D eigenvalue weighted by Crippen LogP contribution is -2.60. The number of amides is 1. The van der Waals surface area contributed by atoms with E-state index in [-0.39, 0.29) is 18.0 Å². The summed E-state index contributed by atoms with van der Waals surface area (Å²) in [5.74, 6) is 0. The average molecular weight is 259 g/mol. The summed E-state index contributed by atoms with van der Waals surface area (Å²) < 4.78 is 0. The van der Waals surface area contributed by atoms with E-state index in [0.29, 0.717) is 26.2 Å². The minimum atomic E-state index is -0.867. The molecule has 0 saturated carbocycles. The summed E-state index contributed by atoms with van der Waals surface area (Å²) in [4.78, 5) is 14.8. The highest BCUT2D eigenvalue weighted by atomic mass is 16.4. The first kappa shape index (κ1) is 15.2. The molecule has 0 aromatic carbocycles. The van der Waals surface area contributed by atoms with Gasteiger partial charge in [-0.25, -0.2) is 4.79 Å². The van der Waals surface area contributed by atoms with Crippen molar-refractivity contribution in [3.05, 3.63) is 0 Å². The maximum atomic E-state index is 11.2. The quantitative estimate of drug-likeness (QED) is 0.664. The Morgan fingerprint density at radius 3 is 2.50 bits per heavy atom. The molecular formula is C12H25N3O3. The number of carbonyl (C=O) groups is 1. The number of piperazine rings is 1. The maximum Gasteiger partial charge on any atom is 0.407 e. The Hall–Kier alpha value is -0.850. The van der Waals surface area contributed by atoms with Crippen LogP contribution in [0.3, 0.4) is 0 Å². The number of nitrogens with two attached hydrogens (primary N) is 1. The fourth-order valence-corrected chi connectivity index (χ4v) is 2.35. The molecule has 1 heterocycles. The van der Waals surface area contributed by atoms with E-state index in [4.69, 9.17) is 5.73 Å². The molecule has 18 heavy (non-hydrogen) atoms. The molecule has 1 aliphatic heterocycles. The molecule has 6 heteroatoms. The number of carboxylic acid groups (broad SMARTS) is 1. The SMILES string of the molecule is CC(C)(C)C1CN(CC(O)CN)CCN1C(=O)O. The van der Waals surface area contributed by atoms with Gasteiger partial charge in [0.25, 0.3) is 0 Å². The largest absolute Gasteiger partial charge is 0.465 e. The van der Waals surface area contributed by atoms with Gasteiger partial charge in [-0.3, -0.25) is 4.90 Å². The molecule has 0 radical (unpaired) electrons. The van der Waals surface area contributed by atoms with Crippen LogP contribution >= 0.6 is 0 Å². The van der Waals surface area contributed by atoms with E-state index in [2.05, 4.69) is 4.90 Å². The Bertz CT molecular complexity index is 291. The summed E-state index contributed by atoms with van der Waals surface area (Å²) in [7, 11) is 0. The van der Waals surface area contributed by atoms with Crippen molar-refractivity contribution in [1.29, 1.82) is 0 Å². The van der Waals surface area contributed by atoms with Gasteiger partial charge in [0.2, 0.25) is 0 Å². The third-order valence-corrected chi connectivity index (χ3v) is 3.45. The van der Waals surface area contributed by atoms with Gasteiger partial charge in [0.05, 0.1) is 12.1 Å². The minimum Gasteiger partial charge on any atom is -0.465 e. The van der Waals surface area contributed by atoms with Crippen LogP contribution in [0.5, 0.6) is 0 Å². The highest BCUT2D eigenvalue weighted by Gasteiger charge is 2.38. The second-order valence-electron chi connectivity index (χ2n) is 6.01. The lowest BCUT2D eigenvalue weighted by molar-refractivity contribution is 0.00659. The summed E-state index contributed by atoms with van der Waals surface area (Å²) in [6.07, 6.45) is -1.41. The number of aliphatic hydroxyl groups is 1. The van der Waals surface area contributed by atoms with Gasteiger partial charge >= 0.3 is 6.09 Å². The van der Waals surface area contributed by atoms with Crippen LogP contribution in [0.15, 0.2) is 0 Å². The van der Waals surface area contributed by atoms with Gasteiger partial charge in [-0.1, -0.05) is 20.8 Å². The number of nitrogens with zero attached hydrogens (tertiary/aromatic N) is 2. The van der Waals surface area contributed by atoms with E-state index in [1.165, 1.54) is 4.90 Å². The molecule has 2 atom stereocenters. The molecule has 1 fully saturated rings. The summed E-state index contributed by atoms with van der Waals surface area (Å²) >= 11 is 0. The second-order valence-corrected chi connectivity index (χ2v) is 6.01. The first-order chi connectivity index (χ1) is 8.25. The summed E-state index contributed by atoms with van der Waals surface area (Å²) in [6, 6.07) is -0.0614. The molecule has 1 aliphatic rings. The Morgan fingerprint density at radius 1 is 1.44 bits per heavy atom. The normalized spacial score (nSPS) is 24.1. The topological polar surface area (TPSA) is 90.0 Å². The third kappa shape index (κ3) is 3.83. The van der Waals surface area contributed by atoms with Crippen molar-refractivity contribution in [1.82, 2.24) is 9.80 Å². The molecule has 0 aromatic heterocycles. The van der Waals surface area contributed by atoms with Crippen LogP contribution in [0, 0.1) is 5.41 Å². The Balaban J connectivity index is 2.71. The summed E-state index contributed by atoms with van der Waals surface area (Å²) in [5, 5.41) is 18.8. The molecule has 1 saturated heterocycles. The van der Waals surface area contributed by atoms with Crippen LogP contribution in [0.2, 0.25) is 0 Å². The minimum absolute atomic E-state index is 0.0614. The molecule has 0 bridgehead atoms. The highest BCUT2D eigenvalue weighted by molar-refractivity contribution is 5.65. The van der Waals surface area contributed by atoms with Gasteiger partial charge < -0.3 is 20.8 Å². The van der Waals surface area contributed by atoms with Crippen LogP contribution in [-0.2, 0) is 0 Å². The van der Waals surface area contributed by atoms with Crippen molar-refractivity contribution in [2.75, 3.05) is 32.7 Å². The number of hydrogen-bond donors (Lipinski definition) is 3. The van der Waals surface area contributed by atoms with Gasteiger partial charge in [-0.2, -0.15) is 0 Å². The zero-order valence-corrected chi connectivity index (χ0v) is 11.5. The highest BCUT2D eigenvalue weighted by Crippen LogP contribution is 2.27. The van der Waals surface area contributed by atoms with Crippen LogP contribution in [0.25, 0.3) is 0 Å². The standard InChI is InChI=1S/C12H25N3O3/c1-12(2,3)10-8-14(7-9(16)6-13)4-5-15(10)11(17)18/h9-10,16H,4-8,13H2,1-3H3,(H,17,18). The van der Waals surface area contributed by atoms with Crippen molar-refractivity contribution in [2.45, 2.75) is 32.9 Å². The molecule has 2 unspecified atom stereocenters. The molecule has 1 amide bonds. The molecule has 0 aromatic rings. The van der Waals surface area contributed by atoms with Gasteiger partial charge in [-0.15, -0.1) is 0 Å². The third-order valence-electron chi connectivity index (χ3n) is 3.45. The predicted octanol–water partition coefficient (Wildman–Crippen LogP) is 0.0163. The second kappa shape index (κ2) is 5.86. The molecule has 106 valence electrons. The summed E-state index contributed by atoms with van der Waals surface area (Å²) in [6.45, 7) is 8.64. The van der Waals surface area contributed by atoms with Gasteiger partial charge in [0.15, 0.2) is 0 Å². The van der Waals surface area contributed by atoms with E-state index in [0.717, 1.165) is 0 Å². The van der Waals surface area contributed by atoms with E-state index in [1.54, 1.807) is 0 Å². The molecule has 4 N–H and O–H groups in total. The number of aliphatic hydroxyl groups excluding tert-OH is 1.